The van der Waals surface area contributed by atoms with Crippen LogP contribution in [0, 0.1) is 5.92 Å². The molecule has 172 valence electrons. The summed E-state index contributed by atoms with van der Waals surface area (Å²) in [7, 11) is 0. The largest absolute Gasteiger partial charge is 0.383 e. The summed E-state index contributed by atoms with van der Waals surface area (Å²) in [5, 5.41) is 22.8. The van der Waals surface area contributed by atoms with Crippen LogP contribution in [0.25, 0.3) is 0 Å². The quantitative estimate of drug-likeness (QED) is 0.222. The average molecular weight is 441 g/mol. The van der Waals surface area contributed by atoms with Gasteiger partial charge in [0.05, 0.1) is 12.7 Å². The van der Waals surface area contributed by atoms with Crippen molar-refractivity contribution < 1.29 is 24.4 Å². The molecule has 30 heavy (non-hydrogen) atoms. The first-order valence-electron chi connectivity index (χ1n) is 11.5. The number of benzene rings is 1. The van der Waals surface area contributed by atoms with Crippen LogP contribution in [-0.2, 0) is 14.2 Å². The molecule has 0 heterocycles. The number of unbranched alkanes of at least 4 members (excludes halogenated alkanes) is 3. The van der Waals surface area contributed by atoms with Gasteiger partial charge >= 0.3 is 0 Å². The molecular formula is C24H40O5S. The molecule has 6 heteroatoms. The Balaban J connectivity index is 2.15. The van der Waals surface area contributed by atoms with Crippen LogP contribution in [0.2, 0.25) is 0 Å². The third-order valence-electron chi connectivity index (χ3n) is 5.67. The summed E-state index contributed by atoms with van der Waals surface area (Å²) < 4.78 is 18.1. The standard InChI is InChI=1S/C24H40O5S/c1-4-7-15-27-18-20-21(28-16-8-5-2)22(29-17-9-6-3)24(20,26)23(25)30-19-13-11-10-12-14-19/h10-14,20-23,25-26H,4-9,15-18H2,1-3H3. The van der Waals surface area contributed by atoms with Crippen molar-refractivity contribution in [1.29, 1.82) is 0 Å². The van der Waals surface area contributed by atoms with Gasteiger partial charge in [0.15, 0.2) is 0 Å². The van der Waals surface area contributed by atoms with Gasteiger partial charge in [-0.1, -0.05) is 70.0 Å². The molecule has 2 N–H and O–H groups in total. The first-order chi connectivity index (χ1) is 14.6. The van der Waals surface area contributed by atoms with Gasteiger partial charge in [-0.25, -0.2) is 0 Å². The van der Waals surface area contributed by atoms with E-state index >= 15 is 0 Å². The van der Waals surface area contributed by atoms with Gasteiger partial charge in [-0.3, -0.25) is 0 Å². The Bertz CT molecular complexity index is 572. The van der Waals surface area contributed by atoms with Gasteiger partial charge in [0.2, 0.25) is 0 Å². The molecule has 1 aliphatic rings. The van der Waals surface area contributed by atoms with Gasteiger partial charge in [-0.05, 0) is 31.4 Å². The minimum atomic E-state index is -1.42. The summed E-state index contributed by atoms with van der Waals surface area (Å²) >= 11 is 1.26. The lowest BCUT2D eigenvalue weighted by Gasteiger charge is -2.58. The molecular weight excluding hydrogens is 400 g/mol. The minimum Gasteiger partial charge on any atom is -0.383 e. The third-order valence-corrected chi connectivity index (χ3v) is 6.82. The zero-order valence-corrected chi connectivity index (χ0v) is 19.6. The number of thioether (sulfide) groups is 1. The molecule has 5 unspecified atom stereocenters. The summed E-state index contributed by atoms with van der Waals surface area (Å²) in [6.07, 6.45) is 5.12. The Hall–Kier alpha value is -0.630. The normalized spacial score (nSPS) is 27.0. The molecule has 1 saturated carbocycles. The highest BCUT2D eigenvalue weighted by Gasteiger charge is 2.66. The van der Waals surface area contributed by atoms with Crippen molar-refractivity contribution in [3.05, 3.63) is 30.3 Å². The van der Waals surface area contributed by atoms with E-state index in [1.807, 2.05) is 30.3 Å². The van der Waals surface area contributed by atoms with Gasteiger partial charge < -0.3 is 24.4 Å². The smallest absolute Gasteiger partial charge is 0.136 e. The van der Waals surface area contributed by atoms with E-state index in [1.165, 1.54) is 11.8 Å². The molecule has 0 spiro atoms. The Morgan fingerprint density at radius 1 is 0.933 bits per heavy atom. The van der Waals surface area contributed by atoms with Crippen molar-refractivity contribution in [3.63, 3.8) is 0 Å². The predicted octanol–water partition coefficient (Wildman–Crippen LogP) is 4.65. The van der Waals surface area contributed by atoms with Crippen molar-refractivity contribution in [1.82, 2.24) is 0 Å². The zero-order chi connectivity index (χ0) is 21.8. The lowest BCUT2D eigenvalue weighted by Crippen LogP contribution is -2.76. The first-order valence-corrected chi connectivity index (χ1v) is 12.4. The number of hydrogen-bond donors (Lipinski definition) is 2. The van der Waals surface area contributed by atoms with Gasteiger partial charge in [-0.15, -0.1) is 0 Å². The molecule has 2 rings (SSSR count). The monoisotopic (exact) mass is 440 g/mol. The molecule has 0 aliphatic heterocycles. The topological polar surface area (TPSA) is 68.2 Å². The maximum Gasteiger partial charge on any atom is 0.136 e. The number of rotatable bonds is 16. The van der Waals surface area contributed by atoms with E-state index in [0.29, 0.717) is 26.4 Å². The second kappa shape index (κ2) is 13.7. The fourth-order valence-electron chi connectivity index (χ4n) is 3.71. The molecule has 5 nitrogen and oxygen atoms in total. The van der Waals surface area contributed by atoms with Crippen LogP contribution >= 0.6 is 11.8 Å². The number of aliphatic hydroxyl groups is 2. The van der Waals surface area contributed by atoms with Crippen molar-refractivity contribution in [2.45, 2.75) is 87.4 Å². The van der Waals surface area contributed by atoms with E-state index in [1.54, 1.807) is 0 Å². The van der Waals surface area contributed by atoms with Crippen LogP contribution in [-0.4, -0.2) is 59.9 Å². The lowest BCUT2D eigenvalue weighted by molar-refractivity contribution is -0.313. The van der Waals surface area contributed by atoms with Gasteiger partial charge in [-0.2, -0.15) is 0 Å². The average Bonchev–Trinajstić information content (AvgIpc) is 2.76. The third kappa shape index (κ3) is 6.68. The highest BCUT2D eigenvalue weighted by molar-refractivity contribution is 7.99. The Kier molecular flexibility index (Phi) is 11.7. The number of aliphatic hydroxyl groups excluding tert-OH is 1. The second-order valence-electron chi connectivity index (χ2n) is 8.04. The van der Waals surface area contributed by atoms with E-state index in [0.717, 1.165) is 43.4 Å². The molecule has 0 saturated heterocycles. The first kappa shape index (κ1) is 25.6. The molecule has 5 atom stereocenters. The van der Waals surface area contributed by atoms with Crippen LogP contribution in [0.1, 0.15) is 59.3 Å². The van der Waals surface area contributed by atoms with Gasteiger partial charge in [0, 0.05) is 30.6 Å². The van der Waals surface area contributed by atoms with E-state index in [-0.39, 0.29) is 12.0 Å². The minimum absolute atomic E-state index is 0.272. The summed E-state index contributed by atoms with van der Waals surface area (Å²) in [5.74, 6) is -0.330. The fourth-order valence-corrected chi connectivity index (χ4v) is 4.78. The Morgan fingerprint density at radius 2 is 1.53 bits per heavy atom. The molecule has 0 amide bonds. The SMILES string of the molecule is CCCCOCC1C(OCCCC)C(OCCCC)C1(O)C(O)Sc1ccccc1. The van der Waals surface area contributed by atoms with E-state index in [4.69, 9.17) is 14.2 Å². The Labute approximate surface area is 186 Å². The molecule has 0 aromatic heterocycles. The van der Waals surface area contributed by atoms with Crippen LogP contribution < -0.4 is 0 Å². The zero-order valence-electron chi connectivity index (χ0n) is 18.8. The van der Waals surface area contributed by atoms with Crippen LogP contribution in [0.4, 0.5) is 0 Å². The predicted molar refractivity (Wildman–Crippen MR) is 122 cm³/mol. The number of hydrogen-bond acceptors (Lipinski definition) is 6. The fraction of sp³-hybridized carbons (Fsp3) is 0.750. The highest BCUT2D eigenvalue weighted by atomic mass is 32.2. The van der Waals surface area contributed by atoms with Crippen molar-refractivity contribution >= 4 is 11.8 Å². The molecule has 0 radical (unpaired) electrons. The van der Waals surface area contributed by atoms with Gasteiger partial charge in [0.1, 0.15) is 17.1 Å². The van der Waals surface area contributed by atoms with Crippen LogP contribution in [0.15, 0.2) is 35.2 Å². The summed E-state index contributed by atoms with van der Waals surface area (Å²) in [5.41, 5.74) is -2.45. The molecule has 1 aromatic rings. The lowest BCUT2D eigenvalue weighted by atomic mass is 9.64. The maximum absolute atomic E-state index is 11.7. The summed E-state index contributed by atoms with van der Waals surface area (Å²) in [4.78, 5) is 0.909. The summed E-state index contributed by atoms with van der Waals surface area (Å²) in [6.45, 7) is 8.53. The summed E-state index contributed by atoms with van der Waals surface area (Å²) in [6, 6.07) is 9.66. The molecule has 1 aromatic carbocycles. The van der Waals surface area contributed by atoms with Crippen molar-refractivity contribution in [3.8, 4) is 0 Å². The van der Waals surface area contributed by atoms with Gasteiger partial charge in [0.25, 0.3) is 0 Å². The Morgan fingerprint density at radius 3 is 2.17 bits per heavy atom. The number of ether oxygens (including phenoxy) is 3. The van der Waals surface area contributed by atoms with Crippen LogP contribution in [0.3, 0.4) is 0 Å². The van der Waals surface area contributed by atoms with Crippen molar-refractivity contribution in [2.24, 2.45) is 5.92 Å². The molecule has 1 aliphatic carbocycles. The van der Waals surface area contributed by atoms with E-state index in [2.05, 4.69) is 20.8 Å². The maximum atomic E-state index is 11.7. The van der Waals surface area contributed by atoms with Crippen molar-refractivity contribution in [2.75, 3.05) is 26.4 Å². The molecule has 0 bridgehead atoms. The second-order valence-corrected chi connectivity index (χ2v) is 9.19. The molecule has 1 fully saturated rings. The van der Waals surface area contributed by atoms with Crippen LogP contribution in [0.5, 0.6) is 0 Å². The van der Waals surface area contributed by atoms with E-state index in [9.17, 15) is 10.2 Å². The highest BCUT2D eigenvalue weighted by Crippen LogP contribution is 2.49. The van der Waals surface area contributed by atoms with E-state index < -0.39 is 17.1 Å².